The maximum atomic E-state index is 5.31. The van der Waals surface area contributed by atoms with Crippen LogP contribution in [0.1, 0.15) is 12.5 Å². The third kappa shape index (κ3) is 3.89. The van der Waals surface area contributed by atoms with E-state index in [1.54, 1.807) is 0 Å². The summed E-state index contributed by atoms with van der Waals surface area (Å²) in [6, 6.07) is 7.98. The number of nitrogens with two attached hydrogens (primary N) is 1. The number of nitrogens with zero attached hydrogens (tertiary/aromatic N) is 1. The van der Waals surface area contributed by atoms with E-state index in [9.17, 15) is 0 Å². The molecule has 0 saturated heterocycles. The molecule has 5 heteroatoms. The van der Waals surface area contributed by atoms with E-state index in [-0.39, 0.29) is 0 Å². The number of hydrogen-bond donors (Lipinski definition) is 3. The van der Waals surface area contributed by atoms with Crippen molar-refractivity contribution >= 4 is 21.9 Å². The van der Waals surface area contributed by atoms with Gasteiger partial charge in [0.1, 0.15) is 0 Å². The Hall–Kier alpha value is -1.07. The lowest BCUT2D eigenvalue weighted by Crippen LogP contribution is -2.41. The molecule has 15 heavy (non-hydrogen) atoms. The zero-order valence-electron chi connectivity index (χ0n) is 8.63. The summed E-state index contributed by atoms with van der Waals surface area (Å²) in [5, 5.41) is 3.02. The van der Waals surface area contributed by atoms with E-state index >= 15 is 0 Å². The molecule has 0 aromatic heterocycles. The Morgan fingerprint density at radius 3 is 2.80 bits per heavy atom. The second-order valence-electron chi connectivity index (χ2n) is 2.93. The summed E-state index contributed by atoms with van der Waals surface area (Å²) in [5.74, 6) is 5.91. The molecule has 0 heterocycles. The maximum Gasteiger partial charge on any atom is 0.206 e. The average Bonchev–Trinajstić information content (AvgIpc) is 2.26. The van der Waals surface area contributed by atoms with Crippen LogP contribution in [0, 0.1) is 0 Å². The van der Waals surface area contributed by atoms with Gasteiger partial charge in [0.05, 0.1) is 6.54 Å². The van der Waals surface area contributed by atoms with Crippen molar-refractivity contribution in [1.29, 1.82) is 0 Å². The molecule has 4 N–H and O–H groups in total. The SMILES string of the molecule is CCNC(=NCc1ccccc1Br)NN. The van der Waals surface area contributed by atoms with Gasteiger partial charge in [0.15, 0.2) is 0 Å². The minimum atomic E-state index is 0.591. The molecule has 82 valence electrons. The molecule has 0 unspecified atom stereocenters. The highest BCUT2D eigenvalue weighted by Gasteiger charge is 1.98. The van der Waals surface area contributed by atoms with Gasteiger partial charge in [-0.1, -0.05) is 34.1 Å². The van der Waals surface area contributed by atoms with Gasteiger partial charge in [-0.3, -0.25) is 5.43 Å². The largest absolute Gasteiger partial charge is 0.356 e. The Kier molecular flexibility index (Phi) is 5.14. The molecular weight excluding hydrogens is 256 g/mol. The Balaban J connectivity index is 2.65. The number of benzene rings is 1. The van der Waals surface area contributed by atoms with Crippen molar-refractivity contribution in [2.75, 3.05) is 6.54 Å². The van der Waals surface area contributed by atoms with Gasteiger partial charge in [0.25, 0.3) is 0 Å². The second-order valence-corrected chi connectivity index (χ2v) is 3.79. The highest BCUT2D eigenvalue weighted by atomic mass is 79.9. The van der Waals surface area contributed by atoms with Crippen molar-refractivity contribution in [3.05, 3.63) is 34.3 Å². The van der Waals surface area contributed by atoms with Crippen molar-refractivity contribution in [2.45, 2.75) is 13.5 Å². The Morgan fingerprint density at radius 2 is 2.20 bits per heavy atom. The summed E-state index contributed by atoms with van der Waals surface area (Å²) in [6.07, 6.45) is 0. The summed E-state index contributed by atoms with van der Waals surface area (Å²) < 4.78 is 1.06. The van der Waals surface area contributed by atoms with E-state index in [2.05, 4.69) is 31.7 Å². The molecule has 1 rings (SSSR count). The summed E-state index contributed by atoms with van der Waals surface area (Å²) in [4.78, 5) is 4.30. The molecular formula is C10H15BrN4. The van der Waals surface area contributed by atoms with Crippen LogP contribution in [-0.2, 0) is 6.54 Å². The Morgan fingerprint density at radius 1 is 1.47 bits per heavy atom. The molecule has 0 aliphatic carbocycles. The zero-order chi connectivity index (χ0) is 11.1. The minimum Gasteiger partial charge on any atom is -0.356 e. The molecule has 1 aromatic rings. The highest BCUT2D eigenvalue weighted by molar-refractivity contribution is 9.10. The van der Waals surface area contributed by atoms with Crippen molar-refractivity contribution in [3.63, 3.8) is 0 Å². The molecule has 0 bridgehead atoms. The standard InChI is InChI=1S/C10H15BrN4/c1-2-13-10(15-12)14-7-8-5-3-4-6-9(8)11/h3-6H,2,7,12H2,1H3,(H2,13,14,15). The van der Waals surface area contributed by atoms with E-state index in [1.165, 1.54) is 0 Å². The van der Waals surface area contributed by atoms with Gasteiger partial charge in [-0.15, -0.1) is 0 Å². The lowest BCUT2D eigenvalue weighted by molar-refractivity contribution is 0.851. The van der Waals surface area contributed by atoms with Crippen LogP contribution in [0.15, 0.2) is 33.7 Å². The van der Waals surface area contributed by atoms with E-state index in [4.69, 9.17) is 5.84 Å². The van der Waals surface area contributed by atoms with Crippen LogP contribution in [0.3, 0.4) is 0 Å². The Labute approximate surface area is 98.1 Å². The van der Waals surface area contributed by atoms with Gasteiger partial charge in [0.2, 0.25) is 5.96 Å². The van der Waals surface area contributed by atoms with E-state index < -0.39 is 0 Å². The van der Waals surface area contributed by atoms with Crippen molar-refractivity contribution in [1.82, 2.24) is 10.7 Å². The molecule has 4 nitrogen and oxygen atoms in total. The van der Waals surface area contributed by atoms with E-state index in [1.807, 2.05) is 31.2 Å². The van der Waals surface area contributed by atoms with Crippen LogP contribution in [-0.4, -0.2) is 12.5 Å². The lowest BCUT2D eigenvalue weighted by Gasteiger charge is -2.07. The van der Waals surface area contributed by atoms with Gasteiger partial charge in [-0.2, -0.15) is 0 Å². The normalized spacial score (nSPS) is 11.3. The Bertz CT molecular complexity index is 338. The number of nitrogens with one attached hydrogen (secondary N) is 2. The third-order valence-electron chi connectivity index (χ3n) is 1.85. The topological polar surface area (TPSA) is 62.4 Å². The van der Waals surface area contributed by atoms with Crippen molar-refractivity contribution in [3.8, 4) is 0 Å². The first-order chi connectivity index (χ1) is 7.27. The summed E-state index contributed by atoms with van der Waals surface area (Å²) >= 11 is 3.47. The first kappa shape index (κ1) is 12.0. The summed E-state index contributed by atoms with van der Waals surface area (Å²) in [6.45, 7) is 3.37. The first-order valence-electron chi connectivity index (χ1n) is 4.76. The van der Waals surface area contributed by atoms with Gasteiger partial charge in [-0.25, -0.2) is 10.8 Å². The van der Waals surface area contributed by atoms with Crippen LogP contribution in [0.25, 0.3) is 0 Å². The number of guanidine groups is 1. The summed E-state index contributed by atoms with van der Waals surface area (Å²) in [7, 11) is 0. The molecule has 0 aliphatic rings. The molecule has 0 radical (unpaired) electrons. The fraction of sp³-hybridized carbons (Fsp3) is 0.300. The number of hydrazine groups is 1. The number of aliphatic imine (C=N–C) groups is 1. The molecule has 0 amide bonds. The van der Waals surface area contributed by atoms with E-state index in [0.717, 1.165) is 16.6 Å². The lowest BCUT2D eigenvalue weighted by atomic mass is 10.2. The number of rotatable bonds is 3. The van der Waals surface area contributed by atoms with Crippen molar-refractivity contribution < 1.29 is 0 Å². The monoisotopic (exact) mass is 270 g/mol. The molecule has 0 spiro atoms. The van der Waals surface area contributed by atoms with Gasteiger partial charge >= 0.3 is 0 Å². The highest BCUT2D eigenvalue weighted by Crippen LogP contribution is 2.16. The zero-order valence-corrected chi connectivity index (χ0v) is 10.2. The quantitative estimate of drug-likeness (QED) is 0.337. The van der Waals surface area contributed by atoms with Crippen molar-refractivity contribution in [2.24, 2.45) is 10.8 Å². The van der Waals surface area contributed by atoms with E-state index in [0.29, 0.717) is 12.5 Å². The van der Waals surface area contributed by atoms with Crippen LogP contribution in [0.5, 0.6) is 0 Å². The molecule has 0 aliphatic heterocycles. The average molecular weight is 271 g/mol. The molecule has 0 saturated carbocycles. The molecule has 0 atom stereocenters. The van der Waals surface area contributed by atoms with Gasteiger partial charge < -0.3 is 5.32 Å². The van der Waals surface area contributed by atoms with Crippen LogP contribution in [0.4, 0.5) is 0 Å². The first-order valence-corrected chi connectivity index (χ1v) is 5.55. The van der Waals surface area contributed by atoms with Gasteiger partial charge in [-0.05, 0) is 18.6 Å². The second kappa shape index (κ2) is 6.42. The van der Waals surface area contributed by atoms with Crippen LogP contribution < -0.4 is 16.6 Å². The molecule has 1 aromatic carbocycles. The predicted molar refractivity (Wildman–Crippen MR) is 66.3 cm³/mol. The fourth-order valence-corrected chi connectivity index (χ4v) is 1.52. The summed E-state index contributed by atoms with van der Waals surface area (Å²) in [5.41, 5.74) is 3.64. The smallest absolute Gasteiger partial charge is 0.206 e. The van der Waals surface area contributed by atoms with Crippen LogP contribution in [0.2, 0.25) is 0 Å². The fourth-order valence-electron chi connectivity index (χ4n) is 1.11. The van der Waals surface area contributed by atoms with Crippen LogP contribution >= 0.6 is 15.9 Å². The third-order valence-corrected chi connectivity index (χ3v) is 2.62. The number of halogens is 1. The minimum absolute atomic E-state index is 0.591. The van der Waals surface area contributed by atoms with Gasteiger partial charge in [0, 0.05) is 11.0 Å². The predicted octanol–water partition coefficient (Wildman–Crippen LogP) is 1.38. The maximum absolute atomic E-state index is 5.31. The number of hydrogen-bond acceptors (Lipinski definition) is 2. The molecule has 0 fully saturated rings.